The molecule has 0 aliphatic heterocycles. The second kappa shape index (κ2) is 5.00. The van der Waals surface area contributed by atoms with Crippen molar-refractivity contribution in [3.63, 3.8) is 0 Å². The zero-order valence-electron chi connectivity index (χ0n) is 11.9. The lowest BCUT2D eigenvalue weighted by atomic mass is 10.2. The van der Waals surface area contributed by atoms with Crippen LogP contribution in [0.1, 0.15) is 0 Å². The molecule has 2 aromatic carbocycles. The third-order valence-corrected chi connectivity index (χ3v) is 3.51. The molecule has 22 heavy (non-hydrogen) atoms. The van der Waals surface area contributed by atoms with Gasteiger partial charge in [0.2, 0.25) is 0 Å². The van der Waals surface area contributed by atoms with Crippen LogP contribution in [0.25, 0.3) is 28.1 Å². The van der Waals surface area contributed by atoms with Crippen LogP contribution in [0.3, 0.4) is 0 Å². The second-order valence-corrected chi connectivity index (χ2v) is 4.86. The van der Waals surface area contributed by atoms with E-state index in [0.717, 1.165) is 33.9 Å². The van der Waals surface area contributed by atoms with Crippen LogP contribution in [-0.4, -0.2) is 31.8 Å². The van der Waals surface area contributed by atoms with Gasteiger partial charge in [0.15, 0.2) is 0 Å². The summed E-state index contributed by atoms with van der Waals surface area (Å²) in [5, 5.41) is 4.11. The van der Waals surface area contributed by atoms with Gasteiger partial charge in [-0.15, -0.1) is 0 Å². The normalized spacial score (nSPS) is 11.0. The Morgan fingerprint density at radius 1 is 1.09 bits per heavy atom. The fourth-order valence-corrected chi connectivity index (χ4v) is 2.37. The van der Waals surface area contributed by atoms with Crippen LogP contribution >= 0.6 is 0 Å². The number of fused-ring (bicyclic) bond motifs is 1. The summed E-state index contributed by atoms with van der Waals surface area (Å²) in [6.07, 6.45) is 3.18. The SMILES string of the molecule is COc1ccc2nc(-c3ccc(-n4cncn4)cc3)[nH]c2c1. The third kappa shape index (κ3) is 2.10. The molecule has 4 aromatic rings. The van der Waals surface area contributed by atoms with Crippen LogP contribution in [0.2, 0.25) is 0 Å². The molecule has 2 heterocycles. The highest BCUT2D eigenvalue weighted by Crippen LogP contribution is 2.24. The Balaban J connectivity index is 1.72. The molecule has 0 unspecified atom stereocenters. The molecular formula is C16H13N5O. The Hall–Kier alpha value is -3.15. The number of benzene rings is 2. The lowest BCUT2D eigenvalue weighted by Gasteiger charge is -2.01. The summed E-state index contributed by atoms with van der Waals surface area (Å²) >= 11 is 0. The average molecular weight is 291 g/mol. The first-order valence-corrected chi connectivity index (χ1v) is 6.83. The molecule has 0 aliphatic carbocycles. The van der Waals surface area contributed by atoms with Gasteiger partial charge in [0.1, 0.15) is 24.2 Å². The van der Waals surface area contributed by atoms with Gasteiger partial charge in [-0.25, -0.2) is 14.6 Å². The van der Waals surface area contributed by atoms with Crippen LogP contribution in [0.5, 0.6) is 5.75 Å². The molecule has 0 atom stereocenters. The Labute approximate surface area is 126 Å². The van der Waals surface area contributed by atoms with Crippen molar-refractivity contribution in [2.45, 2.75) is 0 Å². The molecule has 0 amide bonds. The molecule has 4 rings (SSSR count). The van der Waals surface area contributed by atoms with Gasteiger partial charge in [0.25, 0.3) is 0 Å². The van der Waals surface area contributed by atoms with E-state index in [1.807, 2.05) is 42.5 Å². The Kier molecular flexibility index (Phi) is 2.86. The zero-order valence-corrected chi connectivity index (χ0v) is 11.9. The van der Waals surface area contributed by atoms with E-state index in [1.165, 1.54) is 6.33 Å². The molecule has 0 fully saturated rings. The number of aromatic amines is 1. The standard InChI is InChI=1S/C16H13N5O/c1-22-13-6-7-14-15(8-13)20-16(19-14)11-2-4-12(5-3-11)21-10-17-9-18-21/h2-10H,1H3,(H,19,20). The largest absolute Gasteiger partial charge is 0.497 e. The predicted molar refractivity (Wildman–Crippen MR) is 83.0 cm³/mol. The molecule has 6 heteroatoms. The van der Waals surface area contributed by atoms with E-state index in [9.17, 15) is 0 Å². The van der Waals surface area contributed by atoms with E-state index in [2.05, 4.69) is 20.1 Å². The average Bonchev–Trinajstić information content (AvgIpc) is 3.23. The zero-order chi connectivity index (χ0) is 14.9. The van der Waals surface area contributed by atoms with Gasteiger partial charge in [-0.3, -0.25) is 0 Å². The van der Waals surface area contributed by atoms with Crippen LogP contribution in [0, 0.1) is 0 Å². The summed E-state index contributed by atoms with van der Waals surface area (Å²) in [6, 6.07) is 13.8. The fraction of sp³-hybridized carbons (Fsp3) is 0.0625. The minimum atomic E-state index is 0.809. The van der Waals surface area contributed by atoms with Crippen molar-refractivity contribution in [2.75, 3.05) is 7.11 Å². The van der Waals surface area contributed by atoms with E-state index in [0.29, 0.717) is 0 Å². The van der Waals surface area contributed by atoms with Gasteiger partial charge in [-0.1, -0.05) is 0 Å². The predicted octanol–water partition coefficient (Wildman–Crippen LogP) is 2.82. The minimum Gasteiger partial charge on any atom is -0.497 e. The van der Waals surface area contributed by atoms with Crippen molar-refractivity contribution < 1.29 is 4.74 Å². The first kappa shape index (κ1) is 12.6. The third-order valence-electron chi connectivity index (χ3n) is 3.51. The van der Waals surface area contributed by atoms with Crippen molar-refractivity contribution in [3.8, 4) is 22.8 Å². The molecule has 2 aromatic heterocycles. The maximum atomic E-state index is 5.23. The first-order valence-electron chi connectivity index (χ1n) is 6.83. The van der Waals surface area contributed by atoms with Crippen LogP contribution in [0.4, 0.5) is 0 Å². The van der Waals surface area contributed by atoms with E-state index in [4.69, 9.17) is 4.74 Å². The van der Waals surface area contributed by atoms with Gasteiger partial charge < -0.3 is 9.72 Å². The quantitative estimate of drug-likeness (QED) is 0.630. The lowest BCUT2D eigenvalue weighted by molar-refractivity contribution is 0.415. The number of rotatable bonds is 3. The van der Waals surface area contributed by atoms with Gasteiger partial charge in [-0.05, 0) is 36.4 Å². The molecule has 0 aliphatic rings. The summed E-state index contributed by atoms with van der Waals surface area (Å²) in [5.74, 6) is 1.64. The van der Waals surface area contributed by atoms with E-state index >= 15 is 0 Å². The van der Waals surface area contributed by atoms with E-state index in [1.54, 1.807) is 18.1 Å². The second-order valence-electron chi connectivity index (χ2n) is 4.86. The van der Waals surface area contributed by atoms with Crippen molar-refractivity contribution in [3.05, 3.63) is 55.1 Å². The van der Waals surface area contributed by atoms with Gasteiger partial charge in [0.05, 0.1) is 23.8 Å². The smallest absolute Gasteiger partial charge is 0.138 e. The molecule has 1 N–H and O–H groups in total. The summed E-state index contributed by atoms with van der Waals surface area (Å²) in [6.45, 7) is 0. The van der Waals surface area contributed by atoms with Gasteiger partial charge >= 0.3 is 0 Å². The first-order chi connectivity index (χ1) is 10.8. The van der Waals surface area contributed by atoms with Gasteiger partial charge in [0, 0.05) is 11.6 Å². The van der Waals surface area contributed by atoms with Crippen molar-refractivity contribution in [1.82, 2.24) is 24.7 Å². The van der Waals surface area contributed by atoms with Gasteiger partial charge in [-0.2, -0.15) is 5.10 Å². The summed E-state index contributed by atoms with van der Waals surface area (Å²) in [7, 11) is 1.65. The Bertz CT molecular complexity index is 910. The molecular weight excluding hydrogens is 278 g/mol. The summed E-state index contributed by atoms with van der Waals surface area (Å²) in [4.78, 5) is 11.9. The number of aromatic nitrogens is 5. The summed E-state index contributed by atoms with van der Waals surface area (Å²) in [5.41, 5.74) is 3.84. The highest BCUT2D eigenvalue weighted by atomic mass is 16.5. The lowest BCUT2D eigenvalue weighted by Crippen LogP contribution is -1.93. The van der Waals surface area contributed by atoms with E-state index < -0.39 is 0 Å². The molecule has 108 valence electrons. The maximum absolute atomic E-state index is 5.23. The summed E-state index contributed by atoms with van der Waals surface area (Å²) < 4.78 is 6.95. The molecule has 0 bridgehead atoms. The fourth-order valence-electron chi connectivity index (χ4n) is 2.37. The molecule has 0 radical (unpaired) electrons. The van der Waals surface area contributed by atoms with Crippen molar-refractivity contribution >= 4 is 11.0 Å². The highest BCUT2D eigenvalue weighted by molar-refractivity contribution is 5.80. The Morgan fingerprint density at radius 2 is 1.95 bits per heavy atom. The number of hydrogen-bond acceptors (Lipinski definition) is 4. The number of methoxy groups -OCH3 is 1. The van der Waals surface area contributed by atoms with Crippen molar-refractivity contribution in [2.24, 2.45) is 0 Å². The van der Waals surface area contributed by atoms with Crippen molar-refractivity contribution in [1.29, 1.82) is 0 Å². The molecule has 6 nitrogen and oxygen atoms in total. The van der Waals surface area contributed by atoms with Crippen LogP contribution in [0.15, 0.2) is 55.1 Å². The maximum Gasteiger partial charge on any atom is 0.138 e. The molecule has 0 saturated heterocycles. The number of hydrogen-bond donors (Lipinski definition) is 1. The number of nitrogens with one attached hydrogen (secondary N) is 1. The molecule has 0 saturated carbocycles. The molecule has 0 spiro atoms. The monoisotopic (exact) mass is 291 g/mol. The topological polar surface area (TPSA) is 68.6 Å². The van der Waals surface area contributed by atoms with E-state index in [-0.39, 0.29) is 0 Å². The van der Waals surface area contributed by atoms with Crippen LogP contribution < -0.4 is 4.74 Å². The number of H-pyrrole nitrogens is 1. The Morgan fingerprint density at radius 3 is 2.68 bits per heavy atom. The van der Waals surface area contributed by atoms with Crippen LogP contribution in [-0.2, 0) is 0 Å². The number of imidazole rings is 1. The highest BCUT2D eigenvalue weighted by Gasteiger charge is 2.07. The number of ether oxygens (including phenoxy) is 1. The minimum absolute atomic E-state index is 0.809. The number of nitrogens with zero attached hydrogens (tertiary/aromatic N) is 4.